The molecule has 7 heteroatoms. The van der Waals surface area contributed by atoms with E-state index in [0.29, 0.717) is 17.9 Å². The van der Waals surface area contributed by atoms with Crippen LogP contribution < -0.4 is 10.6 Å². The van der Waals surface area contributed by atoms with Crippen LogP contribution in [0.3, 0.4) is 0 Å². The van der Waals surface area contributed by atoms with E-state index in [9.17, 15) is 9.59 Å². The lowest BCUT2D eigenvalue weighted by Gasteiger charge is -2.07. The van der Waals surface area contributed by atoms with Crippen molar-refractivity contribution < 1.29 is 14.7 Å². The van der Waals surface area contributed by atoms with E-state index in [4.69, 9.17) is 5.11 Å². The predicted molar refractivity (Wildman–Crippen MR) is 84.8 cm³/mol. The van der Waals surface area contributed by atoms with Crippen molar-refractivity contribution in [3.8, 4) is 0 Å². The van der Waals surface area contributed by atoms with E-state index >= 15 is 0 Å². The Morgan fingerprint density at radius 2 is 2.10 bits per heavy atom. The zero-order valence-electron chi connectivity index (χ0n) is 12.1. The maximum absolute atomic E-state index is 11.6. The van der Waals surface area contributed by atoms with Crippen LogP contribution in [0, 0.1) is 0 Å². The number of nitrogens with one attached hydrogen (secondary N) is 2. The number of hydrogen-bond acceptors (Lipinski definition) is 4. The van der Waals surface area contributed by atoms with Gasteiger partial charge >= 0.3 is 12.0 Å². The molecule has 0 saturated heterocycles. The molecule has 1 rings (SSSR count). The average Bonchev–Trinajstić information content (AvgIpc) is 2.44. The summed E-state index contributed by atoms with van der Waals surface area (Å²) >= 11 is 1.83. The highest BCUT2D eigenvalue weighted by Gasteiger charge is 2.04. The second kappa shape index (κ2) is 10.0. The number of aliphatic carboxylic acids is 1. The SMILES string of the molecule is CSCCCCCNC(=O)Nc1ccc(CC(=O)O)nc1. The second-order valence-electron chi connectivity index (χ2n) is 4.54. The second-order valence-corrected chi connectivity index (χ2v) is 5.53. The summed E-state index contributed by atoms with van der Waals surface area (Å²) < 4.78 is 0. The number of unbranched alkanes of at least 4 members (excludes halogenated alkanes) is 2. The van der Waals surface area contributed by atoms with Crippen LogP contribution in [0.1, 0.15) is 25.0 Å². The number of urea groups is 1. The van der Waals surface area contributed by atoms with Gasteiger partial charge < -0.3 is 15.7 Å². The summed E-state index contributed by atoms with van der Waals surface area (Å²) in [5, 5.41) is 14.1. The standard InChI is InChI=1S/C14H21N3O3S/c1-21-8-4-2-3-7-15-14(20)17-12-6-5-11(16-10-12)9-13(18)19/h5-6,10H,2-4,7-9H2,1H3,(H,18,19)(H2,15,17,20). The Morgan fingerprint density at radius 3 is 2.71 bits per heavy atom. The first-order valence-electron chi connectivity index (χ1n) is 6.82. The van der Waals surface area contributed by atoms with Crippen molar-refractivity contribution in [1.82, 2.24) is 10.3 Å². The number of pyridine rings is 1. The predicted octanol–water partition coefficient (Wildman–Crippen LogP) is 2.36. The highest BCUT2D eigenvalue weighted by atomic mass is 32.2. The molecule has 1 heterocycles. The van der Waals surface area contributed by atoms with Crippen molar-refractivity contribution in [3.63, 3.8) is 0 Å². The van der Waals surface area contributed by atoms with Gasteiger partial charge in [-0.1, -0.05) is 6.42 Å². The van der Waals surface area contributed by atoms with Crippen LogP contribution >= 0.6 is 11.8 Å². The highest BCUT2D eigenvalue weighted by Crippen LogP contribution is 2.06. The molecule has 21 heavy (non-hydrogen) atoms. The third-order valence-corrected chi connectivity index (χ3v) is 3.42. The fourth-order valence-electron chi connectivity index (χ4n) is 1.68. The van der Waals surface area contributed by atoms with Gasteiger partial charge in [-0.2, -0.15) is 11.8 Å². The number of amides is 2. The van der Waals surface area contributed by atoms with E-state index in [1.807, 2.05) is 11.8 Å². The third kappa shape index (κ3) is 8.19. The molecule has 0 aliphatic heterocycles. The Balaban J connectivity index is 2.23. The van der Waals surface area contributed by atoms with E-state index in [1.54, 1.807) is 12.1 Å². The van der Waals surface area contributed by atoms with E-state index in [2.05, 4.69) is 21.9 Å². The van der Waals surface area contributed by atoms with Gasteiger partial charge in [0, 0.05) is 6.54 Å². The zero-order chi connectivity index (χ0) is 15.5. The van der Waals surface area contributed by atoms with E-state index in [0.717, 1.165) is 18.6 Å². The maximum Gasteiger partial charge on any atom is 0.319 e. The van der Waals surface area contributed by atoms with Crippen LogP contribution in [0.2, 0.25) is 0 Å². The molecule has 2 amide bonds. The van der Waals surface area contributed by atoms with Gasteiger partial charge in [0.05, 0.1) is 24.0 Å². The van der Waals surface area contributed by atoms with Gasteiger partial charge in [0.2, 0.25) is 0 Å². The number of aromatic nitrogens is 1. The van der Waals surface area contributed by atoms with Crippen molar-refractivity contribution in [2.45, 2.75) is 25.7 Å². The van der Waals surface area contributed by atoms with Gasteiger partial charge in [-0.3, -0.25) is 9.78 Å². The minimum absolute atomic E-state index is 0.122. The first-order chi connectivity index (χ1) is 10.1. The number of nitrogens with zero attached hydrogens (tertiary/aromatic N) is 1. The molecule has 0 fully saturated rings. The lowest BCUT2D eigenvalue weighted by molar-refractivity contribution is -0.136. The molecule has 0 aliphatic carbocycles. The normalized spacial score (nSPS) is 10.1. The summed E-state index contributed by atoms with van der Waals surface area (Å²) in [6.45, 7) is 0.644. The molecule has 0 aliphatic rings. The Morgan fingerprint density at radius 1 is 1.29 bits per heavy atom. The van der Waals surface area contributed by atoms with Gasteiger partial charge in [0.25, 0.3) is 0 Å². The van der Waals surface area contributed by atoms with Crippen LogP contribution in [-0.2, 0) is 11.2 Å². The van der Waals surface area contributed by atoms with Crippen molar-refractivity contribution in [1.29, 1.82) is 0 Å². The zero-order valence-corrected chi connectivity index (χ0v) is 12.9. The molecule has 0 radical (unpaired) electrons. The van der Waals surface area contributed by atoms with Crippen molar-refractivity contribution in [2.24, 2.45) is 0 Å². The number of carbonyl (C=O) groups excluding carboxylic acids is 1. The van der Waals surface area contributed by atoms with Crippen molar-refractivity contribution in [3.05, 3.63) is 24.0 Å². The first kappa shape index (κ1) is 17.3. The Hall–Kier alpha value is -1.76. The summed E-state index contributed by atoms with van der Waals surface area (Å²) in [7, 11) is 0. The van der Waals surface area contributed by atoms with E-state index < -0.39 is 5.97 Å². The molecule has 1 aromatic rings. The number of carboxylic acid groups (broad SMARTS) is 1. The van der Waals surface area contributed by atoms with Crippen molar-refractivity contribution >= 4 is 29.4 Å². The molecule has 0 aromatic carbocycles. The number of hydrogen-bond donors (Lipinski definition) is 3. The summed E-state index contributed by atoms with van der Waals surface area (Å²) in [6.07, 6.45) is 6.65. The van der Waals surface area contributed by atoms with Crippen LogP contribution in [0.5, 0.6) is 0 Å². The van der Waals surface area contributed by atoms with Gasteiger partial charge in [-0.15, -0.1) is 0 Å². The minimum atomic E-state index is -0.928. The molecule has 3 N–H and O–H groups in total. The lowest BCUT2D eigenvalue weighted by atomic mass is 10.2. The molecule has 0 bridgehead atoms. The Kier molecular flexibility index (Phi) is 8.27. The summed E-state index contributed by atoms with van der Waals surface area (Å²) in [5.41, 5.74) is 1.01. The number of carbonyl (C=O) groups is 2. The molecule has 0 atom stereocenters. The van der Waals surface area contributed by atoms with Crippen LogP contribution in [0.25, 0.3) is 0 Å². The third-order valence-electron chi connectivity index (χ3n) is 2.73. The van der Waals surface area contributed by atoms with Gasteiger partial charge in [0.1, 0.15) is 0 Å². The molecular weight excluding hydrogens is 290 g/mol. The molecule has 0 unspecified atom stereocenters. The van der Waals surface area contributed by atoms with Crippen LogP contribution in [0.15, 0.2) is 18.3 Å². The number of thioether (sulfide) groups is 1. The number of anilines is 1. The smallest absolute Gasteiger partial charge is 0.319 e. The first-order valence-corrected chi connectivity index (χ1v) is 8.21. The fourth-order valence-corrected chi connectivity index (χ4v) is 2.18. The van der Waals surface area contributed by atoms with Gasteiger partial charge in [-0.25, -0.2) is 4.79 Å². The highest BCUT2D eigenvalue weighted by molar-refractivity contribution is 7.98. The average molecular weight is 311 g/mol. The summed E-state index contributed by atoms with van der Waals surface area (Å²) in [6, 6.07) is 2.96. The van der Waals surface area contributed by atoms with E-state index in [1.165, 1.54) is 12.6 Å². The molecular formula is C14H21N3O3S. The van der Waals surface area contributed by atoms with Gasteiger partial charge in [0.15, 0.2) is 0 Å². The summed E-state index contributed by atoms with van der Waals surface area (Å²) in [4.78, 5) is 26.1. The fraction of sp³-hybridized carbons (Fsp3) is 0.500. The molecule has 116 valence electrons. The molecule has 0 saturated carbocycles. The minimum Gasteiger partial charge on any atom is -0.481 e. The molecule has 6 nitrogen and oxygen atoms in total. The van der Waals surface area contributed by atoms with Crippen LogP contribution in [-0.4, -0.2) is 40.6 Å². The topological polar surface area (TPSA) is 91.3 Å². The molecule has 1 aromatic heterocycles. The molecule has 0 spiro atoms. The number of carboxylic acids is 1. The van der Waals surface area contributed by atoms with Gasteiger partial charge in [-0.05, 0) is 37.0 Å². The lowest BCUT2D eigenvalue weighted by Crippen LogP contribution is -2.29. The number of rotatable bonds is 9. The quantitative estimate of drug-likeness (QED) is 0.609. The largest absolute Gasteiger partial charge is 0.481 e. The monoisotopic (exact) mass is 311 g/mol. The van der Waals surface area contributed by atoms with Crippen LogP contribution in [0.4, 0.5) is 10.5 Å². The maximum atomic E-state index is 11.6. The Bertz CT molecular complexity index is 451. The van der Waals surface area contributed by atoms with Crippen molar-refractivity contribution in [2.75, 3.05) is 23.9 Å². The summed E-state index contributed by atoms with van der Waals surface area (Å²) in [5.74, 6) is 0.225. The Labute approximate surface area is 128 Å². The van der Waals surface area contributed by atoms with E-state index in [-0.39, 0.29) is 12.5 Å².